The maximum atomic E-state index is 11.8. The summed E-state index contributed by atoms with van der Waals surface area (Å²) >= 11 is 0. The fraction of sp³-hybridized carbons (Fsp3) is 0.438. The quantitative estimate of drug-likeness (QED) is 0.776. The molecule has 0 amide bonds. The van der Waals surface area contributed by atoms with Crippen LogP contribution >= 0.6 is 0 Å². The van der Waals surface area contributed by atoms with Gasteiger partial charge in [-0.2, -0.15) is 0 Å². The van der Waals surface area contributed by atoms with Crippen molar-refractivity contribution in [3.63, 3.8) is 0 Å². The summed E-state index contributed by atoms with van der Waals surface area (Å²) < 4.78 is 2.11. The number of hydrogen-bond donors (Lipinski definition) is 1. The van der Waals surface area contributed by atoms with Gasteiger partial charge in [0.25, 0.3) is 0 Å². The van der Waals surface area contributed by atoms with E-state index < -0.39 is 0 Å². The second-order valence-electron chi connectivity index (χ2n) is 5.32. The third kappa shape index (κ3) is 3.02. The monoisotopic (exact) mass is 274 g/mol. The lowest BCUT2D eigenvalue weighted by Crippen LogP contribution is -2.27. The highest BCUT2D eigenvalue weighted by Crippen LogP contribution is 2.38. The number of hydrogen-bond acceptors (Lipinski definition) is 3. The van der Waals surface area contributed by atoms with E-state index in [1.807, 2.05) is 19.1 Å². The molecule has 108 valence electrons. The van der Waals surface area contributed by atoms with Gasteiger partial charge in [-0.05, 0) is 19.8 Å². The van der Waals surface area contributed by atoms with Crippen molar-refractivity contribution < 1.29 is 5.11 Å². The van der Waals surface area contributed by atoms with Crippen molar-refractivity contribution in [1.29, 1.82) is 0 Å². The predicted octanol–water partition coefficient (Wildman–Crippen LogP) is 2.37. The zero-order valence-corrected chi connectivity index (χ0v) is 12.0. The van der Waals surface area contributed by atoms with Crippen LogP contribution in [0.5, 0.6) is 5.75 Å². The molecule has 0 saturated heterocycles. The first-order chi connectivity index (χ1) is 9.58. The van der Waals surface area contributed by atoms with Crippen molar-refractivity contribution in [2.75, 3.05) is 13.1 Å². The van der Waals surface area contributed by atoms with Crippen molar-refractivity contribution in [1.82, 2.24) is 9.47 Å². The van der Waals surface area contributed by atoms with Crippen LogP contribution in [0.4, 0.5) is 0 Å². The van der Waals surface area contributed by atoms with Crippen molar-refractivity contribution in [3.05, 3.63) is 53.0 Å². The third-order valence-electron chi connectivity index (χ3n) is 3.58. The molecular weight excluding hydrogens is 252 g/mol. The number of aromatic nitrogens is 1. The van der Waals surface area contributed by atoms with E-state index in [1.54, 1.807) is 0 Å². The van der Waals surface area contributed by atoms with E-state index in [0.29, 0.717) is 31.4 Å². The van der Waals surface area contributed by atoms with Gasteiger partial charge in [-0.1, -0.05) is 12.2 Å². The average Bonchev–Trinajstić information content (AvgIpc) is 3.20. The Kier molecular flexibility index (Phi) is 4.45. The molecule has 20 heavy (non-hydrogen) atoms. The van der Waals surface area contributed by atoms with E-state index in [2.05, 4.69) is 22.6 Å². The van der Waals surface area contributed by atoms with Gasteiger partial charge in [0.1, 0.15) is 0 Å². The van der Waals surface area contributed by atoms with Crippen LogP contribution in [0.25, 0.3) is 0 Å². The zero-order valence-electron chi connectivity index (χ0n) is 12.0. The maximum absolute atomic E-state index is 11.8. The molecule has 1 saturated carbocycles. The van der Waals surface area contributed by atoms with Crippen molar-refractivity contribution in [2.45, 2.75) is 32.4 Å². The van der Waals surface area contributed by atoms with E-state index in [1.165, 1.54) is 6.07 Å². The molecule has 4 nitrogen and oxygen atoms in total. The van der Waals surface area contributed by atoms with Crippen LogP contribution in [-0.4, -0.2) is 27.7 Å². The largest absolute Gasteiger partial charge is 0.503 e. The average molecular weight is 274 g/mol. The molecule has 1 aliphatic rings. The summed E-state index contributed by atoms with van der Waals surface area (Å²) in [7, 11) is 0. The van der Waals surface area contributed by atoms with Gasteiger partial charge in [0.2, 0.25) is 5.43 Å². The summed E-state index contributed by atoms with van der Waals surface area (Å²) in [5, 5.41) is 10.2. The molecule has 1 N–H and O–H groups in total. The Morgan fingerprint density at radius 1 is 1.40 bits per heavy atom. The molecule has 0 atom stereocenters. The van der Waals surface area contributed by atoms with E-state index in [9.17, 15) is 9.90 Å². The van der Waals surface area contributed by atoms with Gasteiger partial charge in [0.15, 0.2) is 5.75 Å². The van der Waals surface area contributed by atoms with Gasteiger partial charge in [-0.15, -0.1) is 13.2 Å². The van der Waals surface area contributed by atoms with Crippen molar-refractivity contribution in [3.8, 4) is 5.75 Å². The van der Waals surface area contributed by atoms with Gasteiger partial charge in [0, 0.05) is 37.4 Å². The summed E-state index contributed by atoms with van der Waals surface area (Å²) in [6.45, 7) is 11.3. The molecule has 1 aromatic rings. The first-order valence-corrected chi connectivity index (χ1v) is 6.96. The molecular formula is C16H22N2O2. The predicted molar refractivity (Wildman–Crippen MR) is 81.0 cm³/mol. The Balaban J connectivity index is 2.40. The third-order valence-corrected chi connectivity index (χ3v) is 3.58. The zero-order chi connectivity index (χ0) is 14.7. The van der Waals surface area contributed by atoms with Crippen molar-refractivity contribution in [2.24, 2.45) is 0 Å². The molecule has 0 unspecified atom stereocenters. The molecule has 1 fully saturated rings. The van der Waals surface area contributed by atoms with E-state index in [-0.39, 0.29) is 11.2 Å². The SMILES string of the molecule is C=CCN(CC=C)Cc1c(O)c(=O)cc(C)n1C1CC1. The van der Waals surface area contributed by atoms with Crippen molar-refractivity contribution >= 4 is 0 Å². The highest BCUT2D eigenvalue weighted by Gasteiger charge is 2.28. The van der Waals surface area contributed by atoms with Crippen LogP contribution in [0.2, 0.25) is 0 Å². The Morgan fingerprint density at radius 2 is 2.00 bits per heavy atom. The summed E-state index contributed by atoms with van der Waals surface area (Å²) in [5.41, 5.74) is 1.33. The Morgan fingerprint density at radius 3 is 2.50 bits per heavy atom. The highest BCUT2D eigenvalue weighted by molar-refractivity contribution is 5.31. The lowest BCUT2D eigenvalue weighted by Gasteiger charge is -2.24. The Hall–Kier alpha value is -1.81. The summed E-state index contributed by atoms with van der Waals surface area (Å²) in [4.78, 5) is 13.9. The number of aromatic hydroxyl groups is 1. The minimum absolute atomic E-state index is 0.124. The molecule has 1 heterocycles. The molecule has 0 radical (unpaired) electrons. The molecule has 0 aromatic carbocycles. The second kappa shape index (κ2) is 6.09. The van der Waals surface area contributed by atoms with Gasteiger partial charge in [0.05, 0.1) is 5.69 Å². The first kappa shape index (κ1) is 14.6. The minimum Gasteiger partial charge on any atom is -0.503 e. The lowest BCUT2D eigenvalue weighted by atomic mass is 10.2. The minimum atomic E-state index is -0.299. The normalized spacial score (nSPS) is 14.5. The highest BCUT2D eigenvalue weighted by atomic mass is 16.3. The maximum Gasteiger partial charge on any atom is 0.223 e. The molecule has 0 bridgehead atoms. The number of aryl methyl sites for hydroxylation is 1. The molecule has 2 rings (SSSR count). The van der Waals surface area contributed by atoms with Gasteiger partial charge in [-0.3, -0.25) is 9.69 Å². The topological polar surface area (TPSA) is 45.5 Å². The van der Waals surface area contributed by atoms with Gasteiger partial charge in [-0.25, -0.2) is 0 Å². The van der Waals surface area contributed by atoms with Crippen LogP contribution in [0.15, 0.2) is 36.2 Å². The second-order valence-corrected chi connectivity index (χ2v) is 5.32. The molecule has 1 aromatic heterocycles. The van der Waals surface area contributed by atoms with E-state index >= 15 is 0 Å². The van der Waals surface area contributed by atoms with Gasteiger partial charge < -0.3 is 9.67 Å². The molecule has 4 heteroatoms. The Bertz CT molecular complexity index is 561. The Labute approximate surface area is 119 Å². The number of rotatable bonds is 7. The number of nitrogens with zero attached hydrogens (tertiary/aromatic N) is 2. The molecule has 1 aliphatic carbocycles. The van der Waals surface area contributed by atoms with Crippen LogP contribution in [0.3, 0.4) is 0 Å². The fourth-order valence-electron chi connectivity index (χ4n) is 2.57. The van der Waals surface area contributed by atoms with Crippen LogP contribution in [-0.2, 0) is 6.54 Å². The van der Waals surface area contributed by atoms with Gasteiger partial charge >= 0.3 is 0 Å². The van der Waals surface area contributed by atoms with E-state index in [0.717, 1.165) is 18.5 Å². The number of pyridine rings is 1. The first-order valence-electron chi connectivity index (χ1n) is 6.96. The standard InChI is InChI=1S/C16H22N2O2/c1-4-8-17(9-5-2)11-14-16(20)15(19)10-12(3)18(14)13-6-7-13/h4-5,10,13,20H,1-2,6-9,11H2,3H3. The summed E-state index contributed by atoms with van der Waals surface area (Å²) in [6, 6.07) is 1.94. The summed E-state index contributed by atoms with van der Waals surface area (Å²) in [5.74, 6) is -0.124. The smallest absolute Gasteiger partial charge is 0.223 e. The van der Waals surface area contributed by atoms with Crippen LogP contribution < -0.4 is 5.43 Å². The molecule has 0 aliphatic heterocycles. The van der Waals surface area contributed by atoms with Crippen LogP contribution in [0.1, 0.15) is 30.3 Å². The lowest BCUT2D eigenvalue weighted by molar-refractivity contribution is 0.306. The summed E-state index contributed by atoms with van der Waals surface area (Å²) in [6.07, 6.45) is 5.85. The van der Waals surface area contributed by atoms with E-state index in [4.69, 9.17) is 0 Å². The molecule has 0 spiro atoms. The fourth-order valence-corrected chi connectivity index (χ4v) is 2.57. The van der Waals surface area contributed by atoms with Crippen LogP contribution in [0, 0.1) is 6.92 Å².